The Morgan fingerprint density at radius 3 is 1.68 bits per heavy atom. The summed E-state index contributed by atoms with van der Waals surface area (Å²) in [7, 11) is 1.46. The fourth-order valence-corrected chi connectivity index (χ4v) is 1.95. The number of nitrogens with two attached hydrogens (primary N) is 1. The first-order valence-electron chi connectivity index (χ1n) is 9.72. The van der Waals surface area contributed by atoms with Crippen molar-refractivity contribution < 1.29 is 15.1 Å². The fourth-order valence-electron chi connectivity index (χ4n) is 1.95. The molecule has 5 nitrogen and oxygen atoms in total. The van der Waals surface area contributed by atoms with E-state index in [0.29, 0.717) is 5.71 Å². The molecule has 1 unspecified atom stereocenters. The summed E-state index contributed by atoms with van der Waals surface area (Å²) < 4.78 is 0. The van der Waals surface area contributed by atoms with Gasteiger partial charge in [-0.05, 0) is 19.4 Å². The minimum absolute atomic E-state index is 0.00304. The van der Waals surface area contributed by atoms with E-state index < -0.39 is 0 Å². The molecule has 0 heterocycles. The van der Waals surface area contributed by atoms with Gasteiger partial charge in [0.25, 0.3) is 0 Å². The third kappa shape index (κ3) is 11.5. The van der Waals surface area contributed by atoms with Gasteiger partial charge in [0.1, 0.15) is 12.8 Å². The largest absolute Gasteiger partial charge is 0.399 e. The molecule has 2 aromatic rings. The zero-order valence-corrected chi connectivity index (χ0v) is 18.4. The molecular formula is C23H38N2O3. The molecule has 0 radical (unpaired) electrons. The summed E-state index contributed by atoms with van der Waals surface area (Å²) in [5.41, 5.74) is 10.4. The second-order valence-electron chi connectivity index (χ2n) is 5.44. The number of benzene rings is 2. The third-order valence-electron chi connectivity index (χ3n) is 3.44. The van der Waals surface area contributed by atoms with Crippen LogP contribution in [0.4, 0.5) is 0 Å². The Labute approximate surface area is 170 Å². The summed E-state index contributed by atoms with van der Waals surface area (Å²) >= 11 is 0. The Balaban J connectivity index is 0. The Bertz CT molecular complexity index is 623. The summed E-state index contributed by atoms with van der Waals surface area (Å²) in [6.07, 6.45) is 0. The second kappa shape index (κ2) is 18.2. The maximum absolute atomic E-state index is 8.97. The van der Waals surface area contributed by atoms with Gasteiger partial charge >= 0.3 is 0 Å². The highest BCUT2D eigenvalue weighted by Crippen LogP contribution is 2.10. The maximum atomic E-state index is 8.97. The van der Waals surface area contributed by atoms with Crippen LogP contribution in [0, 0.1) is 13.8 Å². The normalized spacial score (nSPS) is 10.9. The van der Waals surface area contributed by atoms with E-state index >= 15 is 0 Å². The molecule has 28 heavy (non-hydrogen) atoms. The molecule has 0 bridgehead atoms. The van der Waals surface area contributed by atoms with Crippen molar-refractivity contribution in [3.63, 3.8) is 0 Å². The number of hydrogen-bond acceptors (Lipinski definition) is 5. The van der Waals surface area contributed by atoms with Gasteiger partial charge in [-0.2, -0.15) is 0 Å². The van der Waals surface area contributed by atoms with E-state index in [2.05, 4.69) is 9.99 Å². The quantitative estimate of drug-likeness (QED) is 0.522. The third-order valence-corrected chi connectivity index (χ3v) is 3.44. The molecule has 0 aliphatic rings. The second-order valence-corrected chi connectivity index (χ2v) is 5.44. The van der Waals surface area contributed by atoms with Crippen LogP contribution in [0.1, 0.15) is 56.0 Å². The zero-order valence-electron chi connectivity index (χ0n) is 18.4. The van der Waals surface area contributed by atoms with Crippen LogP contribution in [0.2, 0.25) is 0 Å². The van der Waals surface area contributed by atoms with Crippen molar-refractivity contribution in [1.82, 2.24) is 0 Å². The van der Waals surface area contributed by atoms with Gasteiger partial charge in [0.15, 0.2) is 0 Å². The van der Waals surface area contributed by atoms with Gasteiger partial charge < -0.3 is 20.8 Å². The van der Waals surface area contributed by atoms with Gasteiger partial charge in [0.05, 0.1) is 19.3 Å². The Kier molecular flexibility index (Phi) is 18.2. The zero-order chi connectivity index (χ0) is 21.9. The molecule has 0 spiro atoms. The SMILES string of the molecule is CC.CC.CO/N=C(/CO)c1ccc(C)cc1.Cc1ccc(C(N)CO)cc1. The summed E-state index contributed by atoms with van der Waals surface area (Å²) in [5, 5.41) is 21.4. The highest BCUT2D eigenvalue weighted by molar-refractivity contribution is 6.01. The van der Waals surface area contributed by atoms with Gasteiger partial charge in [-0.15, -0.1) is 0 Å². The van der Waals surface area contributed by atoms with Gasteiger partial charge in [0, 0.05) is 5.56 Å². The first-order valence-corrected chi connectivity index (χ1v) is 9.72. The van der Waals surface area contributed by atoms with Gasteiger partial charge in [0.2, 0.25) is 0 Å². The Hall–Kier alpha value is -2.21. The maximum Gasteiger partial charge on any atom is 0.112 e. The molecule has 1 atom stereocenters. The summed E-state index contributed by atoms with van der Waals surface area (Å²) in [6, 6.07) is 15.4. The lowest BCUT2D eigenvalue weighted by molar-refractivity contribution is 0.209. The number of nitrogens with zero attached hydrogens (tertiary/aromatic N) is 1. The molecule has 0 aliphatic heterocycles. The minimum atomic E-state index is -0.240. The topological polar surface area (TPSA) is 88.1 Å². The lowest BCUT2D eigenvalue weighted by Gasteiger charge is -2.07. The molecule has 0 aliphatic carbocycles. The predicted octanol–water partition coefficient (Wildman–Crippen LogP) is 4.38. The average Bonchev–Trinajstić information content (AvgIpc) is 2.76. The molecule has 158 valence electrons. The monoisotopic (exact) mass is 390 g/mol. The Morgan fingerprint density at radius 1 is 0.893 bits per heavy atom. The molecule has 0 amide bonds. The molecule has 0 saturated heterocycles. The Morgan fingerprint density at radius 2 is 1.32 bits per heavy atom. The molecule has 2 rings (SSSR count). The number of hydrogen-bond donors (Lipinski definition) is 3. The highest BCUT2D eigenvalue weighted by Gasteiger charge is 2.02. The first-order chi connectivity index (χ1) is 13.5. The number of aryl methyl sites for hydroxylation is 2. The van der Waals surface area contributed by atoms with E-state index in [1.54, 1.807) is 0 Å². The van der Waals surface area contributed by atoms with Gasteiger partial charge in [-0.1, -0.05) is 92.5 Å². The number of aliphatic hydroxyl groups excluding tert-OH is 2. The first kappa shape index (κ1) is 28.0. The van der Waals surface area contributed by atoms with Crippen LogP contribution in [-0.2, 0) is 4.84 Å². The van der Waals surface area contributed by atoms with Gasteiger partial charge in [-0.3, -0.25) is 0 Å². The lowest BCUT2D eigenvalue weighted by atomic mass is 10.1. The van der Waals surface area contributed by atoms with E-state index in [9.17, 15) is 0 Å². The van der Waals surface area contributed by atoms with Crippen molar-refractivity contribution >= 4 is 5.71 Å². The fraction of sp³-hybridized carbons (Fsp3) is 0.435. The van der Waals surface area contributed by atoms with Crippen LogP contribution in [0.3, 0.4) is 0 Å². The lowest BCUT2D eigenvalue weighted by Crippen LogP contribution is -2.14. The van der Waals surface area contributed by atoms with E-state index in [1.165, 1.54) is 18.2 Å². The molecule has 4 N–H and O–H groups in total. The van der Waals surface area contributed by atoms with Crippen LogP contribution in [0.5, 0.6) is 0 Å². The molecule has 2 aromatic carbocycles. The van der Waals surface area contributed by atoms with Crippen molar-refractivity contribution in [3.8, 4) is 0 Å². The summed E-state index contributed by atoms with van der Waals surface area (Å²) in [4.78, 5) is 4.61. The van der Waals surface area contributed by atoms with Crippen LogP contribution in [0.15, 0.2) is 53.7 Å². The molecule has 0 fully saturated rings. The average molecular weight is 391 g/mol. The van der Waals surface area contributed by atoms with E-state index in [-0.39, 0.29) is 19.3 Å². The molecule has 0 aromatic heterocycles. The van der Waals surface area contributed by atoms with Crippen molar-refractivity contribution in [2.75, 3.05) is 20.3 Å². The number of rotatable bonds is 5. The van der Waals surface area contributed by atoms with Crippen molar-refractivity contribution in [3.05, 3.63) is 70.8 Å². The highest BCUT2D eigenvalue weighted by atomic mass is 16.6. The minimum Gasteiger partial charge on any atom is -0.399 e. The smallest absolute Gasteiger partial charge is 0.112 e. The van der Waals surface area contributed by atoms with Crippen LogP contribution >= 0.6 is 0 Å². The predicted molar refractivity (Wildman–Crippen MR) is 120 cm³/mol. The van der Waals surface area contributed by atoms with E-state index in [1.807, 2.05) is 90.1 Å². The van der Waals surface area contributed by atoms with Crippen molar-refractivity contribution in [2.24, 2.45) is 10.9 Å². The molecular weight excluding hydrogens is 352 g/mol. The van der Waals surface area contributed by atoms with Gasteiger partial charge in [-0.25, -0.2) is 0 Å². The summed E-state index contributed by atoms with van der Waals surface area (Å²) in [6.45, 7) is 11.9. The van der Waals surface area contributed by atoms with Crippen LogP contribution in [0.25, 0.3) is 0 Å². The molecule has 0 saturated carbocycles. The van der Waals surface area contributed by atoms with E-state index in [0.717, 1.165) is 11.1 Å². The van der Waals surface area contributed by atoms with Crippen molar-refractivity contribution in [2.45, 2.75) is 47.6 Å². The molecule has 5 heteroatoms. The van der Waals surface area contributed by atoms with Crippen LogP contribution in [-0.4, -0.2) is 36.2 Å². The van der Waals surface area contributed by atoms with E-state index in [4.69, 9.17) is 15.9 Å². The van der Waals surface area contributed by atoms with Crippen LogP contribution < -0.4 is 5.73 Å². The number of aliphatic hydroxyl groups is 2. The van der Waals surface area contributed by atoms with Crippen molar-refractivity contribution in [1.29, 1.82) is 0 Å². The standard InChI is InChI=1S/C10H13NO2.C9H13NO.2C2H6/c1-8-3-5-9(6-4-8)10(7-12)11-13-2;1-7-2-4-8(5-3-7)9(10)6-11;2*1-2/h3-6,12H,7H2,1-2H3;2-5,9,11H,6,10H2,1H3;2*1-2H3/b11-10-;;;. The number of oxime groups is 1. The summed E-state index contributed by atoms with van der Waals surface area (Å²) in [5.74, 6) is 0.